The van der Waals surface area contributed by atoms with Crippen molar-refractivity contribution < 1.29 is 13.2 Å². The number of aryl methyl sites for hydroxylation is 2. The maximum atomic E-state index is 12.5. The van der Waals surface area contributed by atoms with Crippen LogP contribution in [0.5, 0.6) is 0 Å². The topological polar surface area (TPSA) is 101 Å². The summed E-state index contributed by atoms with van der Waals surface area (Å²) in [6.07, 6.45) is 0. The van der Waals surface area contributed by atoms with E-state index in [1.54, 1.807) is 33.8 Å². The predicted octanol–water partition coefficient (Wildman–Crippen LogP) is 3.10. The van der Waals surface area contributed by atoms with Crippen LogP contribution in [0, 0.1) is 19.3 Å². The molecule has 2 aromatic rings. The molecule has 140 valence electrons. The molecule has 0 saturated carbocycles. The molecule has 2 rings (SSSR count). The number of anilines is 2. The molecule has 1 aromatic heterocycles. The first kappa shape index (κ1) is 20.1. The first-order valence-electron chi connectivity index (χ1n) is 7.86. The summed E-state index contributed by atoms with van der Waals surface area (Å²) in [5, 5.41) is 2.71. The number of nitrogens with one attached hydrogen (secondary N) is 2. The van der Waals surface area contributed by atoms with Gasteiger partial charge in [-0.15, -0.1) is 11.6 Å². The SMILES string of the molecule is Cc1cc(C)nc(NS(=O)(=O)c2ccc(NC(=O)C(C)(C)CCl)cc2)n1. The van der Waals surface area contributed by atoms with Gasteiger partial charge in [-0.2, -0.15) is 0 Å². The average Bonchev–Trinajstić information content (AvgIpc) is 2.53. The number of hydrogen-bond acceptors (Lipinski definition) is 5. The number of sulfonamides is 1. The van der Waals surface area contributed by atoms with Crippen molar-refractivity contribution in [2.24, 2.45) is 5.41 Å². The molecule has 0 radical (unpaired) electrons. The molecule has 0 saturated heterocycles. The molecule has 0 aliphatic heterocycles. The number of nitrogens with zero attached hydrogens (tertiary/aromatic N) is 2. The largest absolute Gasteiger partial charge is 0.326 e. The van der Waals surface area contributed by atoms with Crippen molar-refractivity contribution in [2.45, 2.75) is 32.6 Å². The Balaban J connectivity index is 2.17. The fourth-order valence-electron chi connectivity index (χ4n) is 2.03. The molecule has 0 bridgehead atoms. The van der Waals surface area contributed by atoms with Crippen LogP contribution >= 0.6 is 11.6 Å². The Hall–Kier alpha value is -2.19. The van der Waals surface area contributed by atoms with Crippen LogP contribution < -0.4 is 10.0 Å². The summed E-state index contributed by atoms with van der Waals surface area (Å²) in [5.74, 6) is -0.0564. The van der Waals surface area contributed by atoms with Gasteiger partial charge in [-0.25, -0.2) is 23.1 Å². The van der Waals surface area contributed by atoms with Crippen molar-refractivity contribution in [2.75, 3.05) is 15.9 Å². The highest BCUT2D eigenvalue weighted by atomic mass is 35.5. The molecule has 0 atom stereocenters. The molecule has 7 nitrogen and oxygen atoms in total. The van der Waals surface area contributed by atoms with E-state index in [0.29, 0.717) is 17.1 Å². The number of alkyl halides is 1. The summed E-state index contributed by atoms with van der Waals surface area (Å²) < 4.78 is 27.3. The molecule has 1 aromatic carbocycles. The number of rotatable bonds is 6. The van der Waals surface area contributed by atoms with Crippen LogP contribution in [0.4, 0.5) is 11.6 Å². The average molecular weight is 397 g/mol. The summed E-state index contributed by atoms with van der Waals surface area (Å²) in [6.45, 7) is 6.96. The smallest absolute Gasteiger partial charge is 0.264 e. The molecule has 0 spiro atoms. The van der Waals surface area contributed by atoms with Gasteiger partial charge in [-0.3, -0.25) is 4.79 Å². The fraction of sp³-hybridized carbons (Fsp3) is 0.353. The predicted molar refractivity (Wildman–Crippen MR) is 102 cm³/mol. The van der Waals surface area contributed by atoms with Crippen LogP contribution in [0.3, 0.4) is 0 Å². The normalized spacial score (nSPS) is 11.9. The van der Waals surface area contributed by atoms with E-state index in [9.17, 15) is 13.2 Å². The summed E-state index contributed by atoms with van der Waals surface area (Å²) >= 11 is 5.78. The van der Waals surface area contributed by atoms with E-state index in [4.69, 9.17) is 11.6 Å². The van der Waals surface area contributed by atoms with Gasteiger partial charge in [0.05, 0.1) is 10.3 Å². The molecule has 1 heterocycles. The van der Waals surface area contributed by atoms with Crippen molar-refractivity contribution in [1.82, 2.24) is 9.97 Å². The maximum Gasteiger partial charge on any atom is 0.264 e. The molecule has 0 unspecified atom stereocenters. The minimum Gasteiger partial charge on any atom is -0.326 e. The number of amides is 1. The number of benzene rings is 1. The second-order valence-electron chi connectivity index (χ2n) is 6.58. The fourth-order valence-corrected chi connectivity index (χ4v) is 3.09. The summed E-state index contributed by atoms with van der Waals surface area (Å²) in [5.41, 5.74) is 1.08. The maximum absolute atomic E-state index is 12.5. The van der Waals surface area contributed by atoms with E-state index >= 15 is 0 Å². The zero-order valence-electron chi connectivity index (χ0n) is 15.0. The lowest BCUT2D eigenvalue weighted by Gasteiger charge is -2.20. The van der Waals surface area contributed by atoms with Gasteiger partial charge in [-0.1, -0.05) is 0 Å². The lowest BCUT2D eigenvalue weighted by Crippen LogP contribution is -2.32. The van der Waals surface area contributed by atoms with Crippen molar-refractivity contribution in [3.63, 3.8) is 0 Å². The molecule has 26 heavy (non-hydrogen) atoms. The van der Waals surface area contributed by atoms with E-state index in [2.05, 4.69) is 20.0 Å². The van der Waals surface area contributed by atoms with Crippen molar-refractivity contribution in [3.8, 4) is 0 Å². The summed E-state index contributed by atoms with van der Waals surface area (Å²) in [7, 11) is -3.83. The Morgan fingerprint density at radius 1 is 1.12 bits per heavy atom. The standard InChI is InChI=1S/C17H21ClN4O3S/c1-11-9-12(2)20-16(19-11)22-26(24,25)14-7-5-13(6-8-14)21-15(23)17(3,4)10-18/h5-9H,10H2,1-4H3,(H,21,23)(H,19,20,22). The lowest BCUT2D eigenvalue weighted by atomic mass is 9.95. The van der Waals surface area contributed by atoms with Gasteiger partial charge in [0.25, 0.3) is 10.0 Å². The van der Waals surface area contributed by atoms with E-state index in [1.165, 1.54) is 24.3 Å². The Bertz CT molecular complexity index is 892. The highest BCUT2D eigenvalue weighted by molar-refractivity contribution is 7.92. The number of carbonyl (C=O) groups excluding carboxylic acids is 1. The molecule has 0 fully saturated rings. The molecule has 1 amide bonds. The monoisotopic (exact) mass is 396 g/mol. The summed E-state index contributed by atoms with van der Waals surface area (Å²) in [6, 6.07) is 7.57. The van der Waals surface area contributed by atoms with Crippen LogP contribution in [-0.2, 0) is 14.8 Å². The van der Waals surface area contributed by atoms with Gasteiger partial charge in [-0.05, 0) is 58.0 Å². The molecule has 9 heteroatoms. The number of carbonyl (C=O) groups is 1. The zero-order valence-corrected chi connectivity index (χ0v) is 16.6. The Morgan fingerprint density at radius 3 is 2.15 bits per heavy atom. The van der Waals surface area contributed by atoms with Gasteiger partial charge in [0.15, 0.2) is 0 Å². The van der Waals surface area contributed by atoms with Gasteiger partial charge >= 0.3 is 0 Å². The van der Waals surface area contributed by atoms with Crippen molar-refractivity contribution >= 4 is 39.2 Å². The minimum atomic E-state index is -3.83. The molecule has 2 N–H and O–H groups in total. The van der Waals surface area contributed by atoms with Crippen molar-refractivity contribution in [1.29, 1.82) is 0 Å². The third-order valence-corrected chi connectivity index (χ3v) is 5.59. The minimum absolute atomic E-state index is 0.0174. The first-order chi connectivity index (χ1) is 12.0. The van der Waals surface area contributed by atoms with E-state index in [-0.39, 0.29) is 22.6 Å². The molecular weight excluding hydrogens is 376 g/mol. The van der Waals surface area contributed by atoms with Gasteiger partial charge < -0.3 is 5.32 Å². The van der Waals surface area contributed by atoms with E-state index in [1.807, 2.05) is 0 Å². The van der Waals surface area contributed by atoms with Crippen LogP contribution in [0.15, 0.2) is 35.2 Å². The van der Waals surface area contributed by atoms with Gasteiger partial charge in [0.2, 0.25) is 11.9 Å². The third kappa shape index (κ3) is 4.92. The number of hydrogen-bond donors (Lipinski definition) is 2. The quantitative estimate of drug-likeness (QED) is 0.730. The van der Waals surface area contributed by atoms with Crippen LogP contribution in [-0.4, -0.2) is 30.2 Å². The first-order valence-corrected chi connectivity index (χ1v) is 9.88. The number of halogens is 1. The highest BCUT2D eigenvalue weighted by Gasteiger charge is 2.26. The van der Waals surface area contributed by atoms with E-state index in [0.717, 1.165) is 0 Å². The van der Waals surface area contributed by atoms with Crippen LogP contribution in [0.2, 0.25) is 0 Å². The van der Waals surface area contributed by atoms with Crippen molar-refractivity contribution in [3.05, 3.63) is 41.7 Å². The molecule has 0 aliphatic rings. The molecule has 0 aliphatic carbocycles. The third-order valence-electron chi connectivity index (χ3n) is 3.58. The van der Waals surface area contributed by atoms with Crippen LogP contribution in [0.1, 0.15) is 25.2 Å². The Labute approximate surface area is 158 Å². The zero-order chi connectivity index (χ0) is 19.5. The second kappa shape index (κ2) is 7.59. The number of aromatic nitrogens is 2. The lowest BCUT2D eigenvalue weighted by molar-refractivity contribution is -0.122. The van der Waals surface area contributed by atoms with Gasteiger partial charge in [0.1, 0.15) is 0 Å². The van der Waals surface area contributed by atoms with Gasteiger partial charge in [0, 0.05) is 23.0 Å². The van der Waals surface area contributed by atoms with E-state index < -0.39 is 15.4 Å². The second-order valence-corrected chi connectivity index (χ2v) is 8.53. The molecular formula is C17H21ClN4O3S. The highest BCUT2D eigenvalue weighted by Crippen LogP contribution is 2.22. The van der Waals surface area contributed by atoms with Crippen LogP contribution in [0.25, 0.3) is 0 Å². The Kier molecular flexibility index (Phi) is 5.87. The summed E-state index contributed by atoms with van der Waals surface area (Å²) in [4.78, 5) is 20.3. The Morgan fingerprint density at radius 2 is 1.65 bits per heavy atom.